The molecule has 0 radical (unpaired) electrons. The van der Waals surface area contributed by atoms with Crippen LogP contribution in [0.1, 0.15) is 26.7 Å². The van der Waals surface area contributed by atoms with Crippen molar-refractivity contribution in [1.29, 1.82) is 0 Å². The molecule has 1 saturated heterocycles. The maximum atomic E-state index is 10.1. The van der Waals surface area contributed by atoms with Gasteiger partial charge in [0.25, 0.3) is 0 Å². The highest BCUT2D eigenvalue weighted by molar-refractivity contribution is 5.46. The number of nitrogens with one attached hydrogen (secondary N) is 1. The minimum Gasteiger partial charge on any atom is -0.355 e. The van der Waals surface area contributed by atoms with E-state index >= 15 is 0 Å². The number of likely N-dealkylation sites (N-methyl/N-ethyl adjacent to an activating group) is 1. The summed E-state index contributed by atoms with van der Waals surface area (Å²) in [6, 6.07) is 0.385. The summed E-state index contributed by atoms with van der Waals surface area (Å²) in [5, 5.41) is 2.79. The summed E-state index contributed by atoms with van der Waals surface area (Å²) in [6.07, 6.45) is 3.12. The number of likely N-dealkylation sites (tertiary alicyclic amines) is 1. The van der Waals surface area contributed by atoms with Crippen LogP contribution in [0.4, 0.5) is 0 Å². The van der Waals surface area contributed by atoms with Crippen molar-refractivity contribution in [3.05, 3.63) is 0 Å². The molecule has 0 aliphatic carbocycles. The van der Waals surface area contributed by atoms with Gasteiger partial charge in [-0.05, 0) is 26.4 Å². The summed E-state index contributed by atoms with van der Waals surface area (Å²) < 4.78 is 0. The van der Waals surface area contributed by atoms with Gasteiger partial charge in [0.1, 0.15) is 0 Å². The summed E-state index contributed by atoms with van der Waals surface area (Å²) in [4.78, 5) is 12.3. The van der Waals surface area contributed by atoms with Crippen LogP contribution in [-0.4, -0.2) is 37.5 Å². The van der Waals surface area contributed by atoms with Crippen LogP contribution in [0.2, 0.25) is 0 Å². The smallest absolute Gasteiger partial charge is 0.207 e. The third-order valence-electron chi connectivity index (χ3n) is 1.93. The lowest BCUT2D eigenvalue weighted by atomic mass is 10.1. The molecule has 1 atom stereocenters. The van der Waals surface area contributed by atoms with Crippen molar-refractivity contribution in [3.8, 4) is 0 Å². The molecule has 0 saturated carbocycles. The molecule has 12 heavy (non-hydrogen) atoms. The molecule has 1 aliphatic rings. The summed E-state index contributed by atoms with van der Waals surface area (Å²) in [5.41, 5.74) is 0. The van der Waals surface area contributed by atoms with E-state index in [2.05, 4.69) is 17.3 Å². The van der Waals surface area contributed by atoms with Crippen molar-refractivity contribution >= 4 is 6.41 Å². The van der Waals surface area contributed by atoms with E-state index in [-0.39, 0.29) is 0 Å². The number of carbonyl (C=O) groups is 1. The molecular weight excluding hydrogens is 152 g/mol. The lowest BCUT2D eigenvalue weighted by Crippen LogP contribution is -2.43. The maximum absolute atomic E-state index is 10.1. The molecule has 1 aliphatic heterocycles. The van der Waals surface area contributed by atoms with Crippen molar-refractivity contribution in [2.45, 2.75) is 32.7 Å². The lowest BCUT2D eigenvalue weighted by molar-refractivity contribution is -0.110. The normalized spacial score (nSPS) is 23.8. The molecule has 1 rings (SSSR count). The Kier molecular flexibility index (Phi) is 6.76. The van der Waals surface area contributed by atoms with E-state index in [9.17, 15) is 4.79 Å². The second-order valence-corrected chi connectivity index (χ2v) is 2.89. The van der Waals surface area contributed by atoms with Crippen molar-refractivity contribution < 1.29 is 4.79 Å². The van der Waals surface area contributed by atoms with Crippen molar-refractivity contribution in [1.82, 2.24) is 10.2 Å². The van der Waals surface area contributed by atoms with Crippen LogP contribution in [0.15, 0.2) is 0 Å². The Morgan fingerprint density at radius 3 is 2.67 bits per heavy atom. The van der Waals surface area contributed by atoms with Crippen LogP contribution in [-0.2, 0) is 4.79 Å². The van der Waals surface area contributed by atoms with E-state index in [1.165, 1.54) is 6.42 Å². The van der Waals surface area contributed by atoms with Gasteiger partial charge >= 0.3 is 0 Å². The van der Waals surface area contributed by atoms with E-state index in [0.29, 0.717) is 6.04 Å². The number of carbonyl (C=O) groups excluding carboxylic acids is 1. The molecule has 1 fully saturated rings. The van der Waals surface area contributed by atoms with Gasteiger partial charge in [0, 0.05) is 12.6 Å². The van der Waals surface area contributed by atoms with E-state index in [4.69, 9.17) is 0 Å². The summed E-state index contributed by atoms with van der Waals surface area (Å²) in [5.74, 6) is 0. The van der Waals surface area contributed by atoms with Crippen LogP contribution in [0, 0.1) is 0 Å². The van der Waals surface area contributed by atoms with Gasteiger partial charge in [0.15, 0.2) is 0 Å². The van der Waals surface area contributed by atoms with E-state index in [0.717, 1.165) is 25.9 Å². The zero-order chi connectivity index (χ0) is 9.40. The molecule has 0 spiro atoms. The Labute approximate surface area is 75.1 Å². The second kappa shape index (κ2) is 7.10. The fourth-order valence-electron chi connectivity index (χ4n) is 1.40. The average Bonchev–Trinajstić information content (AvgIpc) is 2.09. The standard InChI is InChI=1S/C7H14N2O.C2H6/c1-9-4-2-3-7(5-9)8-6-10;1-2/h6-7H,2-5H2,1H3,(H,8,10);1-2H3. The SMILES string of the molecule is CC.CN1CCCC(NC=O)C1. The first-order chi connectivity index (χ1) is 5.83. The first-order valence-corrected chi connectivity index (χ1v) is 4.71. The number of nitrogens with zero attached hydrogens (tertiary/aromatic N) is 1. The first kappa shape index (κ1) is 11.4. The number of rotatable bonds is 2. The average molecular weight is 172 g/mol. The predicted molar refractivity (Wildman–Crippen MR) is 51.1 cm³/mol. The highest BCUT2D eigenvalue weighted by Crippen LogP contribution is 2.06. The third-order valence-corrected chi connectivity index (χ3v) is 1.93. The monoisotopic (exact) mass is 172 g/mol. The highest BCUT2D eigenvalue weighted by Gasteiger charge is 2.15. The number of piperidine rings is 1. The Morgan fingerprint density at radius 1 is 1.50 bits per heavy atom. The van der Waals surface area contributed by atoms with Crippen LogP contribution >= 0.6 is 0 Å². The minimum absolute atomic E-state index is 0.385. The van der Waals surface area contributed by atoms with Gasteiger partial charge in [-0.25, -0.2) is 0 Å². The van der Waals surface area contributed by atoms with Crippen molar-refractivity contribution in [2.75, 3.05) is 20.1 Å². The lowest BCUT2D eigenvalue weighted by Gasteiger charge is -2.28. The van der Waals surface area contributed by atoms with Crippen LogP contribution in [0.25, 0.3) is 0 Å². The fraction of sp³-hybridized carbons (Fsp3) is 0.889. The third kappa shape index (κ3) is 4.34. The number of amides is 1. The maximum Gasteiger partial charge on any atom is 0.207 e. The van der Waals surface area contributed by atoms with Crippen LogP contribution in [0.3, 0.4) is 0 Å². The topological polar surface area (TPSA) is 32.3 Å². The Hall–Kier alpha value is -0.570. The highest BCUT2D eigenvalue weighted by atomic mass is 16.1. The largest absolute Gasteiger partial charge is 0.355 e. The molecule has 0 bridgehead atoms. The molecule has 0 aromatic heterocycles. The van der Waals surface area contributed by atoms with Crippen molar-refractivity contribution in [3.63, 3.8) is 0 Å². The molecule has 3 heteroatoms. The molecule has 1 unspecified atom stereocenters. The van der Waals surface area contributed by atoms with Gasteiger partial charge in [-0.1, -0.05) is 13.8 Å². The summed E-state index contributed by atoms with van der Waals surface area (Å²) in [7, 11) is 2.08. The van der Waals surface area contributed by atoms with Gasteiger partial charge in [-0.15, -0.1) is 0 Å². The van der Waals surface area contributed by atoms with E-state index < -0.39 is 0 Å². The first-order valence-electron chi connectivity index (χ1n) is 4.71. The molecule has 0 aromatic rings. The van der Waals surface area contributed by atoms with E-state index in [1.54, 1.807) is 0 Å². The zero-order valence-electron chi connectivity index (χ0n) is 8.34. The number of hydrogen-bond donors (Lipinski definition) is 1. The van der Waals surface area contributed by atoms with Crippen LogP contribution in [0.5, 0.6) is 0 Å². The summed E-state index contributed by atoms with van der Waals surface area (Å²) in [6.45, 7) is 6.16. The number of hydrogen-bond acceptors (Lipinski definition) is 2. The quantitative estimate of drug-likeness (QED) is 0.626. The summed E-state index contributed by atoms with van der Waals surface area (Å²) >= 11 is 0. The van der Waals surface area contributed by atoms with Gasteiger partial charge < -0.3 is 10.2 Å². The fourth-order valence-corrected chi connectivity index (χ4v) is 1.40. The Morgan fingerprint density at radius 2 is 2.17 bits per heavy atom. The minimum atomic E-state index is 0.385. The Balaban J connectivity index is 0.000000561. The van der Waals surface area contributed by atoms with Crippen LogP contribution < -0.4 is 5.32 Å². The molecule has 1 N–H and O–H groups in total. The van der Waals surface area contributed by atoms with Gasteiger partial charge in [0.2, 0.25) is 6.41 Å². The van der Waals surface area contributed by atoms with Gasteiger partial charge in [0.05, 0.1) is 0 Å². The van der Waals surface area contributed by atoms with Gasteiger partial charge in [-0.2, -0.15) is 0 Å². The molecule has 3 nitrogen and oxygen atoms in total. The van der Waals surface area contributed by atoms with Gasteiger partial charge in [-0.3, -0.25) is 4.79 Å². The molecule has 0 aromatic carbocycles. The van der Waals surface area contributed by atoms with E-state index in [1.807, 2.05) is 13.8 Å². The Bertz CT molecular complexity index is 117. The second-order valence-electron chi connectivity index (χ2n) is 2.89. The molecule has 1 amide bonds. The molecule has 1 heterocycles. The molecule has 72 valence electrons. The van der Waals surface area contributed by atoms with Crippen molar-refractivity contribution in [2.24, 2.45) is 0 Å². The predicted octanol–water partition coefficient (Wildman–Crippen LogP) is 0.853. The zero-order valence-corrected chi connectivity index (χ0v) is 8.34. The molecular formula is C9H20N2O.